The summed E-state index contributed by atoms with van der Waals surface area (Å²) in [6, 6.07) is 0. The van der Waals surface area contributed by atoms with Crippen molar-refractivity contribution in [1.29, 1.82) is 0 Å². The van der Waals surface area contributed by atoms with Gasteiger partial charge in [-0.25, -0.2) is 13.1 Å². The molecule has 0 saturated carbocycles. The van der Waals surface area contributed by atoms with Crippen LogP contribution in [0.3, 0.4) is 0 Å². The van der Waals surface area contributed by atoms with Gasteiger partial charge in [0.25, 0.3) is 0 Å². The van der Waals surface area contributed by atoms with E-state index < -0.39 is 32.8 Å². The summed E-state index contributed by atoms with van der Waals surface area (Å²) in [7, 11) is -1.99. The number of carbonyl (C=O) groups excluding carboxylic acids is 2. The van der Waals surface area contributed by atoms with Crippen LogP contribution >= 0.6 is 11.8 Å². The van der Waals surface area contributed by atoms with Crippen molar-refractivity contribution in [3.05, 3.63) is 11.3 Å². The van der Waals surface area contributed by atoms with E-state index in [4.69, 9.17) is 0 Å². The Morgan fingerprint density at radius 1 is 1.48 bits per heavy atom. The molecule has 2 aliphatic rings. The summed E-state index contributed by atoms with van der Waals surface area (Å²) in [6.45, 7) is 0. The molecule has 2 aliphatic heterocycles. The molecule has 1 saturated heterocycles. The number of amides is 1. The van der Waals surface area contributed by atoms with E-state index in [-0.39, 0.29) is 53.0 Å². The third-order valence-corrected chi connectivity index (χ3v) is 6.48. The molecule has 23 heavy (non-hydrogen) atoms. The monoisotopic (exact) mass is 367 g/mol. The number of carboxylic acid groups (broad SMARTS) is 1. The van der Waals surface area contributed by atoms with Gasteiger partial charge in [0.2, 0.25) is 11.1 Å². The van der Waals surface area contributed by atoms with Crippen LogP contribution in [0.15, 0.2) is 16.4 Å². The zero-order chi connectivity index (χ0) is 16.1. The number of aromatic nitrogens is 4. The van der Waals surface area contributed by atoms with Gasteiger partial charge in [-0.05, 0) is 16.0 Å². The summed E-state index contributed by atoms with van der Waals surface area (Å²) in [5.41, 5.74) is -0.240. The number of β-lactam (4-membered cyclic amide) rings is 1. The zero-order valence-corrected chi connectivity index (χ0v) is 15.9. The minimum Gasteiger partial charge on any atom is -0.543 e. The van der Waals surface area contributed by atoms with Crippen LogP contribution < -0.4 is 34.7 Å². The Bertz CT molecular complexity index is 804. The maximum absolute atomic E-state index is 12.1. The van der Waals surface area contributed by atoms with E-state index in [9.17, 15) is 23.1 Å². The molecule has 1 aromatic rings. The number of thioether (sulfide) groups is 1. The molecule has 0 unspecified atom stereocenters. The second-order valence-corrected chi connectivity index (χ2v) is 7.94. The van der Waals surface area contributed by atoms with E-state index in [2.05, 4.69) is 15.5 Å². The Morgan fingerprint density at radius 2 is 2.17 bits per heavy atom. The zero-order valence-electron chi connectivity index (χ0n) is 12.3. The van der Waals surface area contributed by atoms with Crippen molar-refractivity contribution >= 4 is 33.5 Å². The number of tetrazole rings is 1. The van der Waals surface area contributed by atoms with Crippen LogP contribution in [0.4, 0.5) is 0 Å². The smallest absolute Gasteiger partial charge is 0.543 e. The molecule has 0 bridgehead atoms. The number of sulfone groups is 1. The van der Waals surface area contributed by atoms with Gasteiger partial charge < -0.3 is 9.90 Å². The number of hydrogen-bond acceptors (Lipinski definition) is 9. The third kappa shape index (κ3) is 3.18. The van der Waals surface area contributed by atoms with E-state index in [1.54, 1.807) is 7.05 Å². The average Bonchev–Trinajstić information content (AvgIpc) is 2.82. The van der Waals surface area contributed by atoms with Crippen LogP contribution in [0.25, 0.3) is 0 Å². The normalized spacial score (nSPS) is 22.2. The van der Waals surface area contributed by atoms with Crippen LogP contribution in [-0.4, -0.2) is 62.3 Å². The Hall–Kier alpha value is -0.950. The molecule has 1 amide bonds. The second kappa shape index (κ2) is 6.51. The van der Waals surface area contributed by atoms with Crippen LogP contribution in [0, 0.1) is 0 Å². The molecular formula is C10H10N5NaO5S2. The topological polar surface area (TPSA) is 138 Å². The number of nitrogens with zero attached hydrogens (tertiary/aromatic N) is 5. The summed E-state index contributed by atoms with van der Waals surface area (Å²) in [5, 5.41) is 21.4. The number of fused-ring (bicyclic) bond motifs is 1. The molecule has 0 N–H and O–H groups in total. The molecular weight excluding hydrogens is 357 g/mol. The fourth-order valence-corrected chi connectivity index (χ4v) is 5.22. The van der Waals surface area contributed by atoms with Gasteiger partial charge >= 0.3 is 29.6 Å². The van der Waals surface area contributed by atoms with E-state index >= 15 is 0 Å². The Balaban J connectivity index is 0.00000192. The van der Waals surface area contributed by atoms with Crippen molar-refractivity contribution in [2.75, 3.05) is 11.5 Å². The number of hydrogen-bond donors (Lipinski definition) is 0. The number of carboxylic acids is 1. The van der Waals surface area contributed by atoms with Crippen molar-refractivity contribution in [2.45, 2.75) is 17.0 Å². The van der Waals surface area contributed by atoms with Crippen molar-refractivity contribution in [3.63, 3.8) is 0 Å². The van der Waals surface area contributed by atoms with Crippen LogP contribution in [0.1, 0.15) is 6.42 Å². The molecule has 1 fully saturated rings. The SMILES string of the molecule is Cn1nnnc1SCC1=C(C(=O)[O-])N2C(=O)C[C@H]2S(=O)(=O)C1.[Na+]. The fraction of sp³-hybridized carbons (Fsp3) is 0.500. The van der Waals surface area contributed by atoms with Gasteiger partial charge in [-0.3, -0.25) is 9.69 Å². The van der Waals surface area contributed by atoms with Gasteiger partial charge in [-0.15, -0.1) is 5.10 Å². The first kappa shape index (κ1) is 18.4. The summed E-state index contributed by atoms with van der Waals surface area (Å²) in [4.78, 5) is 23.7. The summed E-state index contributed by atoms with van der Waals surface area (Å²) < 4.78 is 25.6. The third-order valence-electron chi connectivity index (χ3n) is 3.42. The molecule has 10 nitrogen and oxygen atoms in total. The first-order valence-corrected chi connectivity index (χ1v) is 8.83. The molecule has 1 atom stereocenters. The van der Waals surface area contributed by atoms with E-state index in [0.717, 1.165) is 16.7 Å². The van der Waals surface area contributed by atoms with Crippen LogP contribution in [-0.2, 0) is 26.5 Å². The quantitative estimate of drug-likeness (QED) is 0.289. The largest absolute Gasteiger partial charge is 1.00 e. The number of aliphatic carboxylic acids is 1. The Kier molecular flexibility index (Phi) is 5.21. The predicted molar refractivity (Wildman–Crippen MR) is 70.6 cm³/mol. The fourth-order valence-electron chi connectivity index (χ4n) is 2.37. The van der Waals surface area contributed by atoms with Crippen LogP contribution in [0.5, 0.6) is 0 Å². The van der Waals surface area contributed by atoms with Gasteiger partial charge in [-0.2, -0.15) is 0 Å². The van der Waals surface area contributed by atoms with Gasteiger partial charge in [0.1, 0.15) is 5.37 Å². The molecule has 3 rings (SSSR count). The van der Waals surface area contributed by atoms with E-state index in [1.165, 1.54) is 4.68 Å². The molecule has 0 radical (unpaired) electrons. The van der Waals surface area contributed by atoms with Gasteiger partial charge in [-0.1, -0.05) is 11.8 Å². The Morgan fingerprint density at radius 3 is 2.70 bits per heavy atom. The standard InChI is InChI=1S/C10H11N5O5S2.Na/c1-14-10(11-12-13-14)21-3-5-4-22(19,20)7-2-6(16)15(7)8(5)9(17)18;/h7H,2-4H2,1H3,(H,17,18);/q;+1/p-1/t7-;/m1./s1. The number of rotatable bonds is 4. The average molecular weight is 367 g/mol. The second-order valence-electron chi connectivity index (χ2n) is 4.84. The molecule has 0 aliphatic carbocycles. The molecule has 3 heterocycles. The molecule has 118 valence electrons. The molecule has 13 heteroatoms. The molecule has 0 aromatic carbocycles. The first-order valence-electron chi connectivity index (χ1n) is 6.13. The van der Waals surface area contributed by atoms with Gasteiger partial charge in [0, 0.05) is 12.8 Å². The predicted octanol–water partition coefficient (Wildman–Crippen LogP) is -5.70. The van der Waals surface area contributed by atoms with Crippen LogP contribution in [0.2, 0.25) is 0 Å². The minimum absolute atomic E-state index is 0. The van der Waals surface area contributed by atoms with E-state index in [1.807, 2.05) is 0 Å². The number of carbonyl (C=O) groups is 2. The minimum atomic E-state index is -3.59. The first-order chi connectivity index (χ1) is 10.3. The Labute approximate surface area is 157 Å². The van der Waals surface area contributed by atoms with Crippen molar-refractivity contribution < 1.29 is 52.7 Å². The van der Waals surface area contributed by atoms with Gasteiger partial charge in [0.05, 0.1) is 23.8 Å². The molecule has 0 spiro atoms. The van der Waals surface area contributed by atoms with Gasteiger partial charge in [0.15, 0.2) is 9.84 Å². The summed E-state index contributed by atoms with van der Waals surface area (Å²) >= 11 is 1.09. The maximum Gasteiger partial charge on any atom is 1.00 e. The maximum atomic E-state index is 12.1. The van der Waals surface area contributed by atoms with Crippen molar-refractivity contribution in [3.8, 4) is 0 Å². The number of aryl methyl sites for hydroxylation is 1. The summed E-state index contributed by atoms with van der Waals surface area (Å²) in [5.74, 6) is -2.47. The summed E-state index contributed by atoms with van der Waals surface area (Å²) in [6.07, 6.45) is -0.188. The molecule has 1 aromatic heterocycles. The van der Waals surface area contributed by atoms with Crippen molar-refractivity contribution in [2.24, 2.45) is 7.05 Å². The van der Waals surface area contributed by atoms with Crippen molar-refractivity contribution in [1.82, 2.24) is 25.1 Å². The van der Waals surface area contributed by atoms with E-state index in [0.29, 0.717) is 5.16 Å².